The van der Waals surface area contributed by atoms with Crippen LogP contribution in [0, 0.1) is 10.1 Å². The number of nitrogens with one attached hydrogen (secondary N) is 1. The molecule has 16 heavy (non-hydrogen) atoms. The van der Waals surface area contributed by atoms with Crippen molar-refractivity contribution in [3.63, 3.8) is 0 Å². The van der Waals surface area contributed by atoms with Crippen molar-refractivity contribution in [1.82, 2.24) is 0 Å². The maximum absolute atomic E-state index is 10.8. The van der Waals surface area contributed by atoms with Crippen LogP contribution in [0.25, 0.3) is 0 Å². The minimum atomic E-state index is -0.328. The molecular weight excluding hydrogens is 204 g/mol. The lowest BCUT2D eigenvalue weighted by Crippen LogP contribution is -2.23. The van der Waals surface area contributed by atoms with Crippen LogP contribution >= 0.6 is 0 Å². The third-order valence-corrected chi connectivity index (χ3v) is 3.33. The van der Waals surface area contributed by atoms with Gasteiger partial charge in [-0.15, -0.1) is 0 Å². The van der Waals surface area contributed by atoms with Gasteiger partial charge in [0.2, 0.25) is 0 Å². The molecular formula is C12H16N2O2. The van der Waals surface area contributed by atoms with Gasteiger partial charge in [-0.05, 0) is 18.1 Å². The Labute approximate surface area is 94.8 Å². The number of hydrogen-bond donors (Lipinski definition) is 1. The maximum Gasteiger partial charge on any atom is 0.269 e. The maximum atomic E-state index is 10.8. The van der Waals surface area contributed by atoms with E-state index in [1.165, 1.54) is 0 Å². The summed E-state index contributed by atoms with van der Waals surface area (Å²) in [5.74, 6) is 0. The summed E-state index contributed by atoms with van der Waals surface area (Å²) in [6.45, 7) is 5.18. The second-order valence-corrected chi connectivity index (χ2v) is 4.65. The lowest BCUT2D eigenvalue weighted by atomic mass is 9.80. The SMILES string of the molecule is CCCC1(C)CNc2ccc([N+](=O)[O-])cc21. The van der Waals surface area contributed by atoms with Gasteiger partial charge in [0.25, 0.3) is 5.69 Å². The van der Waals surface area contributed by atoms with E-state index in [1.807, 2.05) is 6.07 Å². The summed E-state index contributed by atoms with van der Waals surface area (Å²) < 4.78 is 0. The van der Waals surface area contributed by atoms with Crippen molar-refractivity contribution in [3.8, 4) is 0 Å². The third kappa shape index (κ3) is 1.64. The number of rotatable bonds is 3. The molecule has 0 saturated heterocycles. The molecule has 0 fully saturated rings. The molecule has 0 bridgehead atoms. The highest BCUT2D eigenvalue weighted by Crippen LogP contribution is 2.41. The summed E-state index contributed by atoms with van der Waals surface area (Å²) in [7, 11) is 0. The smallest absolute Gasteiger partial charge is 0.269 e. The zero-order chi connectivity index (χ0) is 11.8. The van der Waals surface area contributed by atoms with Gasteiger partial charge in [0.15, 0.2) is 0 Å². The van der Waals surface area contributed by atoms with Crippen LogP contribution in [0.15, 0.2) is 18.2 Å². The molecule has 2 rings (SSSR count). The molecule has 86 valence electrons. The minimum Gasteiger partial charge on any atom is -0.384 e. The molecule has 0 saturated carbocycles. The molecule has 0 amide bonds. The van der Waals surface area contributed by atoms with Crippen LogP contribution in [0.1, 0.15) is 32.3 Å². The average Bonchev–Trinajstić information content (AvgIpc) is 2.57. The van der Waals surface area contributed by atoms with E-state index in [2.05, 4.69) is 19.2 Å². The molecule has 4 nitrogen and oxygen atoms in total. The first-order valence-electron chi connectivity index (χ1n) is 5.59. The van der Waals surface area contributed by atoms with Gasteiger partial charge >= 0.3 is 0 Å². The number of anilines is 1. The van der Waals surface area contributed by atoms with Crippen LogP contribution in [0.5, 0.6) is 0 Å². The van der Waals surface area contributed by atoms with Crippen LogP contribution in [0.3, 0.4) is 0 Å². The number of nitrogens with zero attached hydrogens (tertiary/aromatic N) is 1. The predicted octanol–water partition coefficient (Wildman–Crippen LogP) is 3.08. The van der Waals surface area contributed by atoms with Gasteiger partial charge in [-0.2, -0.15) is 0 Å². The van der Waals surface area contributed by atoms with E-state index in [1.54, 1.807) is 12.1 Å². The molecule has 0 spiro atoms. The summed E-state index contributed by atoms with van der Waals surface area (Å²) >= 11 is 0. The molecule has 4 heteroatoms. The van der Waals surface area contributed by atoms with E-state index in [0.717, 1.165) is 30.6 Å². The molecule has 1 atom stereocenters. The monoisotopic (exact) mass is 220 g/mol. The van der Waals surface area contributed by atoms with E-state index in [-0.39, 0.29) is 16.0 Å². The highest BCUT2D eigenvalue weighted by molar-refractivity contribution is 5.63. The predicted molar refractivity (Wildman–Crippen MR) is 63.8 cm³/mol. The molecule has 1 aliphatic heterocycles. The van der Waals surface area contributed by atoms with Gasteiger partial charge in [0.1, 0.15) is 0 Å². The van der Waals surface area contributed by atoms with Crippen LogP contribution in [-0.2, 0) is 5.41 Å². The Hall–Kier alpha value is -1.58. The van der Waals surface area contributed by atoms with E-state index in [4.69, 9.17) is 0 Å². The first-order chi connectivity index (χ1) is 7.57. The number of fused-ring (bicyclic) bond motifs is 1. The molecule has 1 aromatic rings. The van der Waals surface area contributed by atoms with Crippen LogP contribution in [0.2, 0.25) is 0 Å². The average molecular weight is 220 g/mol. The normalized spacial score (nSPS) is 22.6. The Morgan fingerprint density at radius 3 is 2.94 bits per heavy atom. The van der Waals surface area contributed by atoms with Gasteiger partial charge in [-0.25, -0.2) is 0 Å². The number of non-ortho nitro benzene ring substituents is 1. The van der Waals surface area contributed by atoms with Crippen molar-refractivity contribution in [2.24, 2.45) is 0 Å². The summed E-state index contributed by atoms with van der Waals surface area (Å²) in [5, 5.41) is 14.1. The number of nitro groups is 1. The van der Waals surface area contributed by atoms with E-state index in [0.29, 0.717) is 0 Å². The lowest BCUT2D eigenvalue weighted by Gasteiger charge is -2.22. The summed E-state index contributed by atoms with van der Waals surface area (Å²) in [6, 6.07) is 5.09. The lowest BCUT2D eigenvalue weighted by molar-refractivity contribution is -0.384. The quantitative estimate of drug-likeness (QED) is 0.629. The van der Waals surface area contributed by atoms with E-state index >= 15 is 0 Å². The molecule has 0 aliphatic carbocycles. The summed E-state index contributed by atoms with van der Waals surface area (Å²) in [6.07, 6.45) is 2.13. The van der Waals surface area contributed by atoms with Crippen molar-refractivity contribution in [2.45, 2.75) is 32.1 Å². The van der Waals surface area contributed by atoms with Crippen LogP contribution < -0.4 is 5.32 Å². The number of hydrogen-bond acceptors (Lipinski definition) is 3. The highest BCUT2D eigenvalue weighted by atomic mass is 16.6. The van der Waals surface area contributed by atoms with E-state index < -0.39 is 0 Å². The first-order valence-corrected chi connectivity index (χ1v) is 5.59. The second kappa shape index (κ2) is 3.77. The minimum absolute atomic E-state index is 0.0378. The van der Waals surface area contributed by atoms with Crippen LogP contribution in [0.4, 0.5) is 11.4 Å². The Kier molecular flexibility index (Phi) is 2.58. The molecule has 1 aliphatic rings. The number of nitro benzene ring substituents is 1. The fraction of sp³-hybridized carbons (Fsp3) is 0.500. The van der Waals surface area contributed by atoms with Gasteiger partial charge < -0.3 is 5.32 Å². The molecule has 1 N–H and O–H groups in total. The number of benzene rings is 1. The standard InChI is InChI=1S/C12H16N2O2/c1-3-6-12(2)8-13-11-5-4-9(14(15)16)7-10(11)12/h4-5,7,13H,3,6,8H2,1-2H3. The molecule has 1 aromatic carbocycles. The van der Waals surface area contributed by atoms with E-state index in [9.17, 15) is 10.1 Å². The van der Waals surface area contributed by atoms with Gasteiger partial charge in [0, 0.05) is 29.8 Å². The fourth-order valence-corrected chi connectivity index (χ4v) is 2.46. The zero-order valence-electron chi connectivity index (χ0n) is 9.62. The topological polar surface area (TPSA) is 55.2 Å². The van der Waals surface area contributed by atoms with Crippen LogP contribution in [-0.4, -0.2) is 11.5 Å². The second-order valence-electron chi connectivity index (χ2n) is 4.65. The van der Waals surface area contributed by atoms with Gasteiger partial charge in [0.05, 0.1) is 4.92 Å². The Morgan fingerprint density at radius 2 is 2.31 bits per heavy atom. The highest BCUT2D eigenvalue weighted by Gasteiger charge is 2.34. The van der Waals surface area contributed by atoms with Crippen molar-refractivity contribution < 1.29 is 4.92 Å². The first kappa shape index (κ1) is 10.9. The molecule has 0 radical (unpaired) electrons. The Morgan fingerprint density at radius 1 is 1.56 bits per heavy atom. The van der Waals surface area contributed by atoms with Crippen molar-refractivity contribution in [1.29, 1.82) is 0 Å². The summed E-state index contributed by atoms with van der Waals surface area (Å²) in [5.41, 5.74) is 2.35. The van der Waals surface area contributed by atoms with Crippen molar-refractivity contribution in [2.75, 3.05) is 11.9 Å². The largest absolute Gasteiger partial charge is 0.384 e. The molecule has 0 aromatic heterocycles. The van der Waals surface area contributed by atoms with Crippen molar-refractivity contribution in [3.05, 3.63) is 33.9 Å². The fourth-order valence-electron chi connectivity index (χ4n) is 2.46. The zero-order valence-corrected chi connectivity index (χ0v) is 9.62. The molecule has 1 heterocycles. The Bertz CT molecular complexity index is 427. The van der Waals surface area contributed by atoms with Crippen molar-refractivity contribution >= 4 is 11.4 Å². The van der Waals surface area contributed by atoms with Gasteiger partial charge in [-0.1, -0.05) is 20.3 Å². The molecule has 1 unspecified atom stereocenters. The Balaban J connectivity index is 2.44. The third-order valence-electron chi connectivity index (χ3n) is 3.33. The summed E-state index contributed by atoms with van der Waals surface area (Å²) in [4.78, 5) is 10.4. The van der Waals surface area contributed by atoms with Gasteiger partial charge in [-0.3, -0.25) is 10.1 Å².